The van der Waals surface area contributed by atoms with Gasteiger partial charge in [0, 0.05) is 55.9 Å². The molecule has 0 amide bonds. The van der Waals surface area contributed by atoms with E-state index < -0.39 is 0 Å². The van der Waals surface area contributed by atoms with Crippen LogP contribution in [0.2, 0.25) is 0 Å². The number of pyridine rings is 2. The summed E-state index contributed by atoms with van der Waals surface area (Å²) in [6.45, 7) is 5.38. The molecule has 2 aromatic heterocycles. The van der Waals surface area contributed by atoms with Gasteiger partial charge in [-0.25, -0.2) is 0 Å². The van der Waals surface area contributed by atoms with Crippen LogP contribution in [0.5, 0.6) is 5.75 Å². The monoisotopic (exact) mass is 424 g/mol. The van der Waals surface area contributed by atoms with E-state index in [0.29, 0.717) is 18.4 Å². The molecular weight excluding hydrogens is 392 g/mol. The van der Waals surface area contributed by atoms with E-state index in [-0.39, 0.29) is 18.2 Å². The Kier molecular flexibility index (Phi) is 5.82. The highest BCUT2D eigenvalue weighted by atomic mass is 16.5. The van der Waals surface area contributed by atoms with Crippen LogP contribution in [0.15, 0.2) is 35.3 Å². The van der Waals surface area contributed by atoms with Crippen molar-refractivity contribution in [1.82, 2.24) is 19.4 Å². The Morgan fingerprint density at radius 3 is 2.84 bits per heavy atom. The first-order chi connectivity index (χ1) is 15.1. The first-order valence-corrected chi connectivity index (χ1v) is 11.4. The second kappa shape index (κ2) is 8.73. The average Bonchev–Trinajstić information content (AvgIpc) is 3.24. The van der Waals surface area contributed by atoms with Crippen molar-refractivity contribution in [3.8, 4) is 5.75 Å². The van der Waals surface area contributed by atoms with Gasteiger partial charge in [-0.3, -0.25) is 19.6 Å². The van der Waals surface area contributed by atoms with Crippen LogP contribution in [0.4, 0.5) is 0 Å². The van der Waals surface area contributed by atoms with Crippen molar-refractivity contribution in [2.75, 3.05) is 33.4 Å². The highest BCUT2D eigenvalue weighted by Gasteiger charge is 2.35. The minimum absolute atomic E-state index is 0.168. The number of hydrogen-bond donors (Lipinski definition) is 1. The molecule has 166 valence electrons. The number of hydrogen-bond acceptors (Lipinski definition) is 6. The molecule has 2 saturated heterocycles. The van der Waals surface area contributed by atoms with E-state index in [1.165, 1.54) is 5.69 Å². The summed E-state index contributed by atoms with van der Waals surface area (Å²) in [5.41, 5.74) is 3.26. The van der Waals surface area contributed by atoms with Crippen LogP contribution >= 0.6 is 0 Å². The van der Waals surface area contributed by atoms with Crippen LogP contribution in [0.1, 0.15) is 42.1 Å². The number of likely N-dealkylation sites (tertiary alicyclic amines) is 2. The topological polar surface area (TPSA) is 70.8 Å². The van der Waals surface area contributed by atoms with Crippen LogP contribution in [-0.4, -0.2) is 63.9 Å². The summed E-state index contributed by atoms with van der Waals surface area (Å²) in [6.07, 6.45) is 5.05. The lowest BCUT2D eigenvalue weighted by molar-refractivity contribution is 0.112. The van der Waals surface area contributed by atoms with Gasteiger partial charge in [0.25, 0.3) is 5.56 Å². The van der Waals surface area contributed by atoms with Crippen molar-refractivity contribution in [1.29, 1.82) is 0 Å². The van der Waals surface area contributed by atoms with Crippen LogP contribution in [-0.2, 0) is 19.6 Å². The minimum Gasteiger partial charge on any atom is -0.495 e. The Balaban J connectivity index is 1.31. The maximum Gasteiger partial charge on any atom is 0.255 e. The summed E-state index contributed by atoms with van der Waals surface area (Å²) in [4.78, 5) is 22.6. The summed E-state index contributed by atoms with van der Waals surface area (Å²) in [7, 11) is 1.66. The third-order valence-electron chi connectivity index (χ3n) is 7.26. The highest BCUT2D eigenvalue weighted by molar-refractivity contribution is 5.23. The minimum atomic E-state index is 0.168. The zero-order valence-electron chi connectivity index (χ0n) is 18.2. The summed E-state index contributed by atoms with van der Waals surface area (Å²) in [5.74, 6) is 1.67. The summed E-state index contributed by atoms with van der Waals surface area (Å²) in [5, 5.41) is 9.60. The summed E-state index contributed by atoms with van der Waals surface area (Å²) < 4.78 is 7.25. The molecule has 0 aromatic carbocycles. The Morgan fingerprint density at radius 1 is 1.16 bits per heavy atom. The molecule has 2 bridgehead atoms. The molecule has 0 aliphatic carbocycles. The van der Waals surface area contributed by atoms with E-state index in [1.54, 1.807) is 13.3 Å². The molecule has 0 unspecified atom stereocenters. The number of methoxy groups -OCH3 is 1. The van der Waals surface area contributed by atoms with Gasteiger partial charge >= 0.3 is 0 Å². The molecule has 0 saturated carbocycles. The fourth-order valence-electron chi connectivity index (χ4n) is 5.72. The van der Waals surface area contributed by atoms with Crippen LogP contribution in [0.3, 0.4) is 0 Å². The fraction of sp³-hybridized carbons (Fsp3) is 0.583. The van der Waals surface area contributed by atoms with Gasteiger partial charge in [-0.2, -0.15) is 0 Å². The molecule has 2 aromatic rings. The van der Waals surface area contributed by atoms with Gasteiger partial charge in [0.15, 0.2) is 0 Å². The molecule has 2 fully saturated rings. The largest absolute Gasteiger partial charge is 0.495 e. The zero-order chi connectivity index (χ0) is 21.4. The first kappa shape index (κ1) is 20.7. The predicted molar refractivity (Wildman–Crippen MR) is 118 cm³/mol. The van der Waals surface area contributed by atoms with Gasteiger partial charge in [0.1, 0.15) is 5.75 Å². The second-order valence-corrected chi connectivity index (χ2v) is 9.33. The van der Waals surface area contributed by atoms with Crippen molar-refractivity contribution in [3.05, 3.63) is 57.8 Å². The van der Waals surface area contributed by atoms with Crippen molar-refractivity contribution >= 4 is 0 Å². The van der Waals surface area contributed by atoms with Crippen molar-refractivity contribution in [2.45, 2.75) is 50.9 Å². The van der Waals surface area contributed by atoms with E-state index >= 15 is 0 Å². The smallest absolute Gasteiger partial charge is 0.255 e. The molecule has 7 nitrogen and oxygen atoms in total. The predicted octanol–water partition coefficient (Wildman–Crippen LogP) is 1.83. The van der Waals surface area contributed by atoms with Crippen LogP contribution < -0.4 is 10.3 Å². The van der Waals surface area contributed by atoms with Crippen LogP contribution in [0.25, 0.3) is 0 Å². The zero-order valence-corrected chi connectivity index (χ0v) is 18.2. The average molecular weight is 425 g/mol. The van der Waals surface area contributed by atoms with E-state index in [4.69, 9.17) is 4.74 Å². The normalized spacial score (nSPS) is 26.1. The van der Waals surface area contributed by atoms with E-state index in [2.05, 4.69) is 20.9 Å². The first-order valence-electron chi connectivity index (χ1n) is 11.4. The van der Waals surface area contributed by atoms with E-state index in [9.17, 15) is 9.90 Å². The second-order valence-electron chi connectivity index (χ2n) is 9.33. The molecule has 5 heterocycles. The molecule has 1 N–H and O–H groups in total. The molecule has 5 rings (SSSR count). The number of piperidine rings is 1. The van der Waals surface area contributed by atoms with E-state index in [1.807, 2.05) is 22.8 Å². The molecule has 3 aliphatic rings. The molecule has 3 aliphatic heterocycles. The Labute approximate surface area is 183 Å². The van der Waals surface area contributed by atoms with Gasteiger partial charge in [-0.1, -0.05) is 6.07 Å². The van der Waals surface area contributed by atoms with Crippen LogP contribution in [0, 0.1) is 5.92 Å². The van der Waals surface area contributed by atoms with E-state index in [0.717, 1.165) is 69.0 Å². The number of aliphatic hydroxyl groups is 1. The SMILES string of the molecule is COc1ccc(CN2C[C@@H]3C[C@H](C2)c2ccc(CN4CCC[C@@H]4CO)c(=O)n2C3)nc1. The maximum absolute atomic E-state index is 13.3. The molecule has 0 spiro atoms. The van der Waals surface area contributed by atoms with Gasteiger partial charge in [0.2, 0.25) is 0 Å². The van der Waals surface area contributed by atoms with Gasteiger partial charge in [0.05, 0.1) is 25.6 Å². The van der Waals surface area contributed by atoms with Crippen molar-refractivity contribution in [2.24, 2.45) is 5.92 Å². The number of ether oxygens (including phenoxy) is 1. The van der Waals surface area contributed by atoms with Crippen molar-refractivity contribution < 1.29 is 9.84 Å². The van der Waals surface area contributed by atoms with Gasteiger partial charge in [-0.05, 0) is 49.9 Å². The summed E-state index contributed by atoms with van der Waals surface area (Å²) in [6, 6.07) is 8.40. The standard InChI is InChI=1S/C24H32N4O3/c1-31-22-6-5-20(25-10-22)15-26-11-17-9-19(13-26)23-7-4-18(24(30)28(23)12-17)14-27-8-2-3-21(27)16-29/h4-7,10,17,19,21,29H,2-3,8-9,11-16H2,1H3/t17-,19+,21+/m0/s1. The lowest BCUT2D eigenvalue weighted by atomic mass is 9.83. The number of rotatable bonds is 6. The van der Waals surface area contributed by atoms with Crippen molar-refractivity contribution in [3.63, 3.8) is 0 Å². The Hall–Kier alpha value is -2.22. The number of aromatic nitrogens is 2. The lowest BCUT2D eigenvalue weighted by Crippen LogP contribution is -2.47. The molecule has 7 heteroatoms. The quantitative estimate of drug-likeness (QED) is 0.763. The lowest BCUT2D eigenvalue weighted by Gasteiger charge is -2.43. The molecule has 31 heavy (non-hydrogen) atoms. The summed E-state index contributed by atoms with van der Waals surface area (Å²) >= 11 is 0. The van der Waals surface area contributed by atoms with Gasteiger partial charge < -0.3 is 14.4 Å². The fourth-order valence-corrected chi connectivity index (χ4v) is 5.72. The number of fused-ring (bicyclic) bond motifs is 4. The number of aliphatic hydroxyl groups excluding tert-OH is 1. The third kappa shape index (κ3) is 4.14. The highest BCUT2D eigenvalue weighted by Crippen LogP contribution is 2.35. The Morgan fingerprint density at radius 2 is 2.06 bits per heavy atom. The van der Waals surface area contributed by atoms with Gasteiger partial charge in [-0.15, -0.1) is 0 Å². The molecule has 3 atom stereocenters. The number of nitrogens with zero attached hydrogens (tertiary/aromatic N) is 4. The Bertz CT molecular complexity index is 974. The molecular formula is C24H32N4O3. The molecule has 0 radical (unpaired) electrons. The maximum atomic E-state index is 13.3. The third-order valence-corrected chi connectivity index (χ3v) is 7.26.